The van der Waals surface area contributed by atoms with Gasteiger partial charge in [0.05, 0.1) is 17.6 Å². The van der Waals surface area contributed by atoms with Crippen molar-refractivity contribution in [3.8, 4) is 11.5 Å². The van der Waals surface area contributed by atoms with Crippen LogP contribution in [-0.4, -0.2) is 16.6 Å². The Morgan fingerprint density at radius 2 is 2.06 bits per heavy atom. The average Bonchev–Trinajstić information content (AvgIpc) is 2.14. The zero-order chi connectivity index (χ0) is 13.2. The molecule has 1 N–H and O–H groups in total. The van der Waals surface area contributed by atoms with Gasteiger partial charge >= 0.3 is 6.18 Å². The number of hydrogen-bond donors (Lipinski definition) is 1. The monoisotopic (exact) mass is 251 g/mol. The van der Waals surface area contributed by atoms with Gasteiger partial charge in [-0.05, 0) is 6.92 Å². The highest BCUT2D eigenvalue weighted by Gasteiger charge is 2.42. The van der Waals surface area contributed by atoms with Crippen LogP contribution in [0.15, 0.2) is 12.1 Å². The molecule has 0 saturated heterocycles. The number of rotatable bonds is 3. The second kappa shape index (κ2) is 4.48. The molecule has 0 aliphatic heterocycles. The number of nitrogens with zero attached hydrogens (tertiary/aromatic N) is 1. The fourth-order valence-corrected chi connectivity index (χ4v) is 1.27. The topological polar surface area (TPSA) is 72.6 Å². The first-order valence-corrected chi connectivity index (χ1v) is 4.48. The molecular formula is C9H8F3NO4. The lowest BCUT2D eigenvalue weighted by Gasteiger charge is -2.11. The standard InChI is InChI=1S/C9H8F3NO4/c1-2-17-5-3-6(13(15)16)8(7(14)4-5)9(10,11)12/h3-4,14H,2H2,1H3. The first-order chi connectivity index (χ1) is 7.77. The molecule has 0 amide bonds. The van der Waals surface area contributed by atoms with Crippen molar-refractivity contribution in [2.45, 2.75) is 13.1 Å². The minimum Gasteiger partial charge on any atom is -0.507 e. The predicted octanol–water partition coefficient (Wildman–Crippen LogP) is 2.72. The van der Waals surface area contributed by atoms with Gasteiger partial charge in [0.25, 0.3) is 5.69 Å². The van der Waals surface area contributed by atoms with Gasteiger partial charge < -0.3 is 9.84 Å². The summed E-state index contributed by atoms with van der Waals surface area (Å²) in [6, 6.07) is 1.32. The maximum Gasteiger partial charge on any atom is 0.426 e. The third kappa shape index (κ3) is 2.77. The lowest BCUT2D eigenvalue weighted by atomic mass is 10.1. The summed E-state index contributed by atoms with van der Waals surface area (Å²) in [4.78, 5) is 9.30. The van der Waals surface area contributed by atoms with Crippen LogP contribution in [0, 0.1) is 10.1 Å². The van der Waals surface area contributed by atoms with Crippen molar-refractivity contribution in [3.63, 3.8) is 0 Å². The van der Waals surface area contributed by atoms with Crippen LogP contribution in [-0.2, 0) is 6.18 Å². The summed E-state index contributed by atoms with van der Waals surface area (Å²) in [5.74, 6) is -1.42. The van der Waals surface area contributed by atoms with Crippen LogP contribution in [0.5, 0.6) is 11.5 Å². The van der Waals surface area contributed by atoms with Gasteiger partial charge in [-0.3, -0.25) is 10.1 Å². The van der Waals surface area contributed by atoms with E-state index in [2.05, 4.69) is 0 Å². The van der Waals surface area contributed by atoms with E-state index in [0.717, 1.165) is 0 Å². The Kier molecular flexibility index (Phi) is 3.45. The van der Waals surface area contributed by atoms with Gasteiger partial charge in [-0.15, -0.1) is 0 Å². The van der Waals surface area contributed by atoms with Crippen molar-refractivity contribution in [3.05, 3.63) is 27.8 Å². The Morgan fingerprint density at radius 1 is 1.47 bits per heavy atom. The Balaban J connectivity index is 3.44. The molecule has 0 aromatic heterocycles. The molecule has 8 heteroatoms. The highest BCUT2D eigenvalue weighted by Crippen LogP contribution is 2.43. The van der Waals surface area contributed by atoms with Crippen LogP contribution in [0.2, 0.25) is 0 Å². The Labute approximate surface area is 93.6 Å². The molecule has 0 saturated carbocycles. The van der Waals surface area contributed by atoms with Crippen molar-refractivity contribution < 1.29 is 27.9 Å². The second-order valence-electron chi connectivity index (χ2n) is 3.02. The predicted molar refractivity (Wildman–Crippen MR) is 50.9 cm³/mol. The molecule has 17 heavy (non-hydrogen) atoms. The van der Waals surface area contributed by atoms with Gasteiger partial charge in [0.2, 0.25) is 0 Å². The number of benzene rings is 1. The highest BCUT2D eigenvalue weighted by molar-refractivity contribution is 5.55. The summed E-state index contributed by atoms with van der Waals surface area (Å²) >= 11 is 0. The smallest absolute Gasteiger partial charge is 0.426 e. The lowest BCUT2D eigenvalue weighted by Crippen LogP contribution is -2.09. The maximum absolute atomic E-state index is 12.5. The molecule has 1 aromatic rings. The van der Waals surface area contributed by atoms with Gasteiger partial charge in [0.15, 0.2) is 5.56 Å². The van der Waals surface area contributed by atoms with E-state index < -0.39 is 28.1 Å². The number of phenolic OH excluding ortho intramolecular Hbond substituents is 1. The molecule has 0 fully saturated rings. The number of nitro groups is 1. The molecule has 0 spiro atoms. The fraction of sp³-hybridized carbons (Fsp3) is 0.333. The number of phenols is 1. The maximum atomic E-state index is 12.5. The van der Waals surface area contributed by atoms with E-state index in [-0.39, 0.29) is 12.4 Å². The van der Waals surface area contributed by atoms with E-state index in [1.54, 1.807) is 6.92 Å². The Morgan fingerprint density at radius 3 is 2.47 bits per heavy atom. The van der Waals surface area contributed by atoms with E-state index in [1.165, 1.54) is 0 Å². The van der Waals surface area contributed by atoms with Gasteiger partial charge in [0, 0.05) is 6.07 Å². The number of ether oxygens (including phenoxy) is 1. The first kappa shape index (κ1) is 13.1. The molecule has 1 rings (SSSR count). The van der Waals surface area contributed by atoms with Crippen LogP contribution >= 0.6 is 0 Å². The summed E-state index contributed by atoms with van der Waals surface area (Å²) < 4.78 is 42.3. The van der Waals surface area contributed by atoms with E-state index in [4.69, 9.17) is 4.74 Å². The molecule has 5 nitrogen and oxygen atoms in total. The Hall–Kier alpha value is -1.99. The van der Waals surface area contributed by atoms with Crippen LogP contribution in [0.1, 0.15) is 12.5 Å². The lowest BCUT2D eigenvalue weighted by molar-refractivity contribution is -0.388. The largest absolute Gasteiger partial charge is 0.507 e. The molecule has 0 aliphatic carbocycles. The molecule has 1 aromatic carbocycles. The van der Waals surface area contributed by atoms with Gasteiger partial charge in [-0.2, -0.15) is 13.2 Å². The van der Waals surface area contributed by atoms with Crippen LogP contribution < -0.4 is 4.74 Å². The van der Waals surface area contributed by atoms with E-state index >= 15 is 0 Å². The Bertz CT molecular complexity index is 445. The minimum absolute atomic E-state index is 0.113. The van der Waals surface area contributed by atoms with Crippen molar-refractivity contribution >= 4 is 5.69 Å². The zero-order valence-corrected chi connectivity index (χ0v) is 8.61. The van der Waals surface area contributed by atoms with Gasteiger partial charge in [-0.25, -0.2) is 0 Å². The molecule has 0 heterocycles. The number of halogens is 3. The van der Waals surface area contributed by atoms with Crippen LogP contribution in [0.3, 0.4) is 0 Å². The molecule has 0 radical (unpaired) electrons. The van der Waals surface area contributed by atoms with Crippen LogP contribution in [0.25, 0.3) is 0 Å². The second-order valence-corrected chi connectivity index (χ2v) is 3.02. The molecular weight excluding hydrogens is 243 g/mol. The number of hydrogen-bond acceptors (Lipinski definition) is 4. The van der Waals surface area contributed by atoms with E-state index in [0.29, 0.717) is 12.1 Å². The van der Waals surface area contributed by atoms with Crippen molar-refractivity contribution in [1.29, 1.82) is 0 Å². The summed E-state index contributed by atoms with van der Waals surface area (Å²) in [5, 5.41) is 19.7. The van der Waals surface area contributed by atoms with Crippen molar-refractivity contribution in [2.75, 3.05) is 6.61 Å². The molecule has 0 bridgehead atoms. The molecule has 0 atom stereocenters. The van der Waals surface area contributed by atoms with Crippen molar-refractivity contribution in [1.82, 2.24) is 0 Å². The number of nitro benzene ring substituents is 1. The summed E-state index contributed by atoms with van der Waals surface area (Å²) in [5.41, 5.74) is -2.91. The average molecular weight is 251 g/mol. The van der Waals surface area contributed by atoms with Crippen molar-refractivity contribution in [2.24, 2.45) is 0 Å². The van der Waals surface area contributed by atoms with E-state index in [1.807, 2.05) is 0 Å². The number of aromatic hydroxyl groups is 1. The first-order valence-electron chi connectivity index (χ1n) is 4.48. The SMILES string of the molecule is CCOc1cc(O)c(C(F)(F)F)c([N+](=O)[O-])c1. The third-order valence-electron chi connectivity index (χ3n) is 1.86. The highest BCUT2D eigenvalue weighted by atomic mass is 19.4. The minimum atomic E-state index is -5.00. The molecule has 0 unspecified atom stereocenters. The van der Waals surface area contributed by atoms with Gasteiger partial charge in [-0.1, -0.05) is 0 Å². The van der Waals surface area contributed by atoms with Gasteiger partial charge in [0.1, 0.15) is 11.5 Å². The summed E-state index contributed by atoms with van der Waals surface area (Å²) in [6.07, 6.45) is -5.00. The molecule has 94 valence electrons. The third-order valence-corrected chi connectivity index (χ3v) is 1.86. The summed E-state index contributed by atoms with van der Waals surface area (Å²) in [7, 11) is 0. The normalized spacial score (nSPS) is 11.3. The fourth-order valence-electron chi connectivity index (χ4n) is 1.27. The van der Waals surface area contributed by atoms with E-state index in [9.17, 15) is 28.4 Å². The summed E-state index contributed by atoms with van der Waals surface area (Å²) in [6.45, 7) is 1.67. The zero-order valence-electron chi connectivity index (χ0n) is 8.61. The number of alkyl halides is 3. The quantitative estimate of drug-likeness (QED) is 0.662. The molecule has 0 aliphatic rings. The van der Waals surface area contributed by atoms with Crippen LogP contribution in [0.4, 0.5) is 18.9 Å².